The first kappa shape index (κ1) is 27.6. The molecule has 1 saturated heterocycles. The lowest BCUT2D eigenvalue weighted by atomic mass is 9.97. The van der Waals surface area contributed by atoms with Crippen molar-refractivity contribution < 1.29 is 28.6 Å². The number of aromatic nitrogens is 1. The number of ether oxygens (including phenoxy) is 3. The van der Waals surface area contributed by atoms with Crippen molar-refractivity contribution >= 4 is 39.3 Å². The summed E-state index contributed by atoms with van der Waals surface area (Å²) in [6.07, 6.45) is -0.133. The topological polar surface area (TPSA) is 88.3 Å². The van der Waals surface area contributed by atoms with E-state index in [0.717, 1.165) is 39.5 Å². The van der Waals surface area contributed by atoms with Crippen LogP contribution in [-0.2, 0) is 25.7 Å². The SMILES string of the molecule is CCn1c2ccc(C(=O)c3ccc(OCC4COC(C)(C)O4)cc3C)cc2c2cccc(C(C)=NOC(C)=O)c21. The third-order valence-corrected chi connectivity index (χ3v) is 7.11. The van der Waals surface area contributed by atoms with Crippen molar-refractivity contribution in [3.63, 3.8) is 0 Å². The van der Waals surface area contributed by atoms with Crippen LogP contribution in [0, 0.1) is 6.92 Å². The molecule has 8 nitrogen and oxygen atoms in total. The van der Waals surface area contributed by atoms with Gasteiger partial charge < -0.3 is 23.6 Å². The largest absolute Gasteiger partial charge is 0.491 e. The summed E-state index contributed by atoms with van der Waals surface area (Å²) < 4.78 is 19.5. The van der Waals surface area contributed by atoms with Crippen LogP contribution in [0.15, 0.2) is 59.8 Å². The number of oxime groups is 1. The highest BCUT2D eigenvalue weighted by atomic mass is 16.7. The fraction of sp³-hybridized carbons (Fsp3) is 0.344. The summed E-state index contributed by atoms with van der Waals surface area (Å²) in [6.45, 7) is 12.5. The third kappa shape index (κ3) is 5.37. The van der Waals surface area contributed by atoms with Gasteiger partial charge in [-0.15, -0.1) is 0 Å². The van der Waals surface area contributed by atoms with Crippen LogP contribution in [0.3, 0.4) is 0 Å². The summed E-state index contributed by atoms with van der Waals surface area (Å²) in [5.74, 6) is -0.437. The normalized spacial score (nSPS) is 16.9. The minimum absolute atomic E-state index is 0.0543. The number of para-hydroxylation sites is 1. The molecule has 1 aliphatic rings. The first-order valence-electron chi connectivity index (χ1n) is 13.5. The Morgan fingerprint density at radius 3 is 2.52 bits per heavy atom. The molecule has 8 heteroatoms. The monoisotopic (exact) mass is 542 g/mol. The quantitative estimate of drug-likeness (QED) is 0.115. The Kier molecular flexibility index (Phi) is 7.49. The van der Waals surface area contributed by atoms with Crippen molar-refractivity contribution in [3.05, 3.63) is 76.9 Å². The first-order valence-corrected chi connectivity index (χ1v) is 13.5. The average molecular weight is 543 g/mol. The molecule has 0 aliphatic carbocycles. The smallest absolute Gasteiger partial charge is 0.331 e. The lowest BCUT2D eigenvalue weighted by molar-refractivity contribution is -0.141. The van der Waals surface area contributed by atoms with Gasteiger partial charge in [0, 0.05) is 46.4 Å². The van der Waals surface area contributed by atoms with Gasteiger partial charge in [0.2, 0.25) is 0 Å². The number of aryl methyl sites for hydroxylation is 2. The summed E-state index contributed by atoms with van der Waals surface area (Å²) in [7, 11) is 0. The third-order valence-electron chi connectivity index (χ3n) is 7.11. The summed E-state index contributed by atoms with van der Waals surface area (Å²) in [5.41, 5.74) is 5.53. The summed E-state index contributed by atoms with van der Waals surface area (Å²) >= 11 is 0. The maximum absolute atomic E-state index is 13.6. The summed E-state index contributed by atoms with van der Waals surface area (Å²) in [6, 6.07) is 17.3. The number of benzene rings is 3. The van der Waals surface area contributed by atoms with Gasteiger partial charge >= 0.3 is 5.97 Å². The zero-order valence-electron chi connectivity index (χ0n) is 23.7. The predicted octanol–water partition coefficient (Wildman–Crippen LogP) is 6.17. The van der Waals surface area contributed by atoms with Crippen LogP contribution in [0.1, 0.15) is 61.7 Å². The maximum Gasteiger partial charge on any atom is 0.331 e. The molecule has 1 aliphatic heterocycles. The molecular weight excluding hydrogens is 508 g/mol. The van der Waals surface area contributed by atoms with Crippen LogP contribution in [-0.4, -0.2) is 47.1 Å². The lowest BCUT2D eigenvalue weighted by Gasteiger charge is -2.17. The molecular formula is C32H34N2O6. The molecule has 0 spiro atoms. The van der Waals surface area contributed by atoms with Crippen LogP contribution in [0.4, 0.5) is 0 Å². The molecule has 1 unspecified atom stereocenters. The van der Waals surface area contributed by atoms with Crippen molar-refractivity contribution in [2.75, 3.05) is 13.2 Å². The van der Waals surface area contributed by atoms with E-state index >= 15 is 0 Å². The molecule has 1 atom stereocenters. The van der Waals surface area contributed by atoms with Crippen LogP contribution in [0.25, 0.3) is 21.8 Å². The molecule has 0 bridgehead atoms. The van der Waals surface area contributed by atoms with Crippen LogP contribution >= 0.6 is 0 Å². The summed E-state index contributed by atoms with van der Waals surface area (Å²) in [5, 5.41) is 5.99. The van der Waals surface area contributed by atoms with Gasteiger partial charge in [-0.3, -0.25) is 4.79 Å². The predicted molar refractivity (Wildman–Crippen MR) is 154 cm³/mol. The van der Waals surface area contributed by atoms with E-state index in [1.807, 2.05) is 82.3 Å². The van der Waals surface area contributed by atoms with Gasteiger partial charge in [0.25, 0.3) is 0 Å². The van der Waals surface area contributed by atoms with Crippen molar-refractivity contribution in [3.8, 4) is 5.75 Å². The van der Waals surface area contributed by atoms with Crippen LogP contribution in [0.5, 0.6) is 5.75 Å². The van der Waals surface area contributed by atoms with Gasteiger partial charge in [-0.25, -0.2) is 4.79 Å². The van der Waals surface area contributed by atoms with E-state index in [9.17, 15) is 9.59 Å². The Labute approximate surface area is 233 Å². The number of carbonyl (C=O) groups is 2. The minimum Gasteiger partial charge on any atom is -0.491 e. The number of ketones is 1. The number of nitrogens with zero attached hydrogens (tertiary/aromatic N) is 2. The number of fused-ring (bicyclic) bond motifs is 3. The van der Waals surface area contributed by atoms with E-state index in [4.69, 9.17) is 19.0 Å². The second kappa shape index (κ2) is 10.9. The molecule has 0 N–H and O–H groups in total. The van der Waals surface area contributed by atoms with Gasteiger partial charge in [-0.2, -0.15) is 0 Å². The first-order chi connectivity index (χ1) is 19.1. The molecule has 3 aromatic carbocycles. The molecule has 1 aromatic heterocycles. The Morgan fingerprint density at radius 2 is 1.85 bits per heavy atom. The highest BCUT2D eigenvalue weighted by Crippen LogP contribution is 2.33. The van der Waals surface area contributed by atoms with Crippen LogP contribution < -0.4 is 4.74 Å². The number of rotatable bonds is 8. The lowest BCUT2D eigenvalue weighted by Crippen LogP contribution is -2.25. The number of carbonyl (C=O) groups excluding carboxylic acids is 2. The molecule has 0 amide bonds. The molecule has 0 saturated carbocycles. The van der Waals surface area contributed by atoms with E-state index in [1.165, 1.54) is 6.92 Å². The van der Waals surface area contributed by atoms with Gasteiger partial charge in [-0.05, 0) is 76.6 Å². The van der Waals surface area contributed by atoms with Crippen molar-refractivity contribution in [2.45, 2.75) is 60.0 Å². The van der Waals surface area contributed by atoms with Crippen molar-refractivity contribution in [2.24, 2.45) is 5.16 Å². The van der Waals surface area contributed by atoms with Crippen molar-refractivity contribution in [1.29, 1.82) is 0 Å². The van der Waals surface area contributed by atoms with E-state index < -0.39 is 11.8 Å². The zero-order valence-corrected chi connectivity index (χ0v) is 23.7. The molecule has 1 fully saturated rings. The van der Waals surface area contributed by atoms with E-state index in [2.05, 4.69) is 16.6 Å². The molecule has 40 heavy (non-hydrogen) atoms. The minimum atomic E-state index is -0.595. The van der Waals surface area contributed by atoms with Gasteiger partial charge in [0.15, 0.2) is 11.6 Å². The summed E-state index contributed by atoms with van der Waals surface area (Å²) in [4.78, 5) is 29.8. The number of hydrogen-bond acceptors (Lipinski definition) is 7. The van der Waals surface area contributed by atoms with E-state index in [0.29, 0.717) is 35.8 Å². The molecule has 4 aromatic rings. The van der Waals surface area contributed by atoms with E-state index in [1.54, 1.807) is 0 Å². The second-order valence-corrected chi connectivity index (χ2v) is 10.5. The average Bonchev–Trinajstić information content (AvgIpc) is 3.45. The molecule has 208 valence electrons. The Bertz CT molecular complexity index is 1650. The fourth-order valence-corrected chi connectivity index (χ4v) is 5.27. The van der Waals surface area contributed by atoms with Crippen molar-refractivity contribution in [1.82, 2.24) is 4.57 Å². The molecule has 2 heterocycles. The molecule has 5 rings (SSSR count). The molecule has 0 radical (unpaired) electrons. The zero-order chi connectivity index (χ0) is 28.6. The van der Waals surface area contributed by atoms with Gasteiger partial charge in [0.05, 0.1) is 17.8 Å². The maximum atomic E-state index is 13.6. The Balaban J connectivity index is 1.45. The van der Waals surface area contributed by atoms with Gasteiger partial charge in [0.1, 0.15) is 18.5 Å². The van der Waals surface area contributed by atoms with Gasteiger partial charge in [-0.1, -0.05) is 23.4 Å². The highest BCUT2D eigenvalue weighted by Gasteiger charge is 2.33. The number of hydrogen-bond donors (Lipinski definition) is 0. The standard InChI is InChI=1S/C32H34N2O6/c1-7-34-29-14-11-22(16-28(29)27-10-8-9-26(30(27)34)20(3)33-40-21(4)35)31(36)25-13-12-23(15-19(25)2)37-17-24-18-38-32(5,6)39-24/h8-16,24H,7,17-18H2,1-6H3. The highest BCUT2D eigenvalue weighted by molar-refractivity contribution is 6.19. The fourth-order valence-electron chi connectivity index (χ4n) is 5.27. The second-order valence-electron chi connectivity index (χ2n) is 10.5. The Hall–Kier alpha value is -4.01. The van der Waals surface area contributed by atoms with E-state index in [-0.39, 0.29) is 11.9 Å². The Morgan fingerprint density at radius 1 is 1.05 bits per heavy atom. The van der Waals surface area contributed by atoms with Crippen LogP contribution in [0.2, 0.25) is 0 Å².